The molecule has 10 nitrogen and oxygen atoms in total. The Morgan fingerprint density at radius 2 is 0.979 bits per heavy atom. The first kappa shape index (κ1) is 71.2. The lowest BCUT2D eigenvalue weighted by atomic mass is 9.90. The van der Waals surface area contributed by atoms with Gasteiger partial charge in [-0.3, -0.25) is 4.79 Å². The third-order valence-electron chi connectivity index (χ3n) is 17.8. The first-order chi connectivity index (χ1) is 45.0. The summed E-state index contributed by atoms with van der Waals surface area (Å²) in [6, 6.07) is 62.9. The SMILES string of the molecule is CC(C)(O)c1ccccc1CC[C@@H](SCC1(CC(=O)O)CC1)c1cccc(/C=C/c2ccc3ccc(Cl)cc3n2)c1.CC(C)(O)c1ccccc1CC[C@@H](SCC1(CC(=O)[O-])CC1)c1cccc(/C=C/c2ccc3ccc(Cl)cc3n2)c1.C[NH2+][C@H](O)[C@@H](C)c1ccccc1. The number of nitrogens with two attached hydrogens (primary N) is 1. The maximum absolute atomic E-state index is 11.5. The van der Waals surface area contributed by atoms with Gasteiger partial charge >= 0.3 is 5.97 Å². The van der Waals surface area contributed by atoms with Crippen LogP contribution in [-0.4, -0.2) is 67.1 Å². The zero-order chi connectivity index (χ0) is 67.0. The molecule has 0 unspecified atom stereocenters. The van der Waals surface area contributed by atoms with Crippen LogP contribution in [0.3, 0.4) is 0 Å². The second-order valence-electron chi connectivity index (χ2n) is 26.4. The molecule has 6 N–H and O–H groups in total. The average molecular weight is 1340 g/mol. The first-order valence-corrected chi connectivity index (χ1v) is 35.3. The van der Waals surface area contributed by atoms with Gasteiger partial charge in [-0.25, -0.2) is 9.97 Å². The summed E-state index contributed by atoms with van der Waals surface area (Å²) >= 11 is 16.0. The lowest BCUT2D eigenvalue weighted by Crippen LogP contribution is -2.87. The fourth-order valence-corrected chi connectivity index (χ4v) is 15.4. The number of likely N-dealkylation sites (N-methyl/N-ethyl adjacent to an activating group) is 1. The van der Waals surface area contributed by atoms with Crippen molar-refractivity contribution in [2.24, 2.45) is 10.8 Å². The molecule has 0 bridgehead atoms. The van der Waals surface area contributed by atoms with Crippen molar-refractivity contribution in [3.05, 3.63) is 260 Å². The van der Waals surface area contributed by atoms with Gasteiger partial charge in [0.1, 0.15) is 0 Å². The van der Waals surface area contributed by atoms with Crippen LogP contribution in [-0.2, 0) is 33.6 Å². The maximum atomic E-state index is 11.5. The summed E-state index contributed by atoms with van der Waals surface area (Å²) in [5, 5.41) is 57.4. The maximum Gasteiger partial charge on any atom is 0.303 e. The number of carboxylic acid groups (broad SMARTS) is 2. The van der Waals surface area contributed by atoms with E-state index in [-0.39, 0.29) is 46.3 Å². The summed E-state index contributed by atoms with van der Waals surface area (Å²) in [5.74, 6) is 0.144. The topological polar surface area (TPSA) is 181 Å². The minimum Gasteiger partial charge on any atom is -0.550 e. The van der Waals surface area contributed by atoms with Crippen molar-refractivity contribution in [2.75, 3.05) is 18.6 Å². The zero-order valence-electron chi connectivity index (χ0n) is 54.6. The molecular weight excluding hydrogens is 1250 g/mol. The van der Waals surface area contributed by atoms with Crippen LogP contribution in [0, 0.1) is 10.8 Å². The van der Waals surface area contributed by atoms with Gasteiger partial charge in [0.2, 0.25) is 0 Å². The van der Waals surface area contributed by atoms with Crippen molar-refractivity contribution >= 4 is 105 Å². The highest BCUT2D eigenvalue weighted by Gasteiger charge is 2.45. The van der Waals surface area contributed by atoms with Gasteiger partial charge in [-0.15, -0.1) is 0 Å². The number of benzene rings is 7. The Labute approximate surface area is 573 Å². The fourth-order valence-electron chi connectivity index (χ4n) is 11.9. The van der Waals surface area contributed by atoms with E-state index < -0.39 is 23.1 Å². The van der Waals surface area contributed by atoms with Gasteiger partial charge in [-0.2, -0.15) is 23.5 Å². The number of aliphatic hydroxyl groups is 3. The van der Waals surface area contributed by atoms with Crippen molar-refractivity contribution in [3.8, 4) is 0 Å². The van der Waals surface area contributed by atoms with Crippen LogP contribution in [0.25, 0.3) is 46.1 Å². The van der Waals surface area contributed by atoms with Crippen molar-refractivity contribution in [1.82, 2.24) is 9.97 Å². The lowest BCUT2D eigenvalue weighted by molar-refractivity contribution is -0.703. The van der Waals surface area contributed by atoms with Gasteiger partial charge in [0.05, 0.1) is 53.0 Å². The van der Waals surface area contributed by atoms with Gasteiger partial charge in [-0.05, 0) is 201 Å². The van der Waals surface area contributed by atoms with E-state index >= 15 is 0 Å². The van der Waals surface area contributed by atoms with E-state index in [9.17, 15) is 35.1 Å². The summed E-state index contributed by atoms with van der Waals surface area (Å²) in [7, 11) is 1.88. The molecule has 2 aliphatic carbocycles. The van der Waals surface area contributed by atoms with Crippen molar-refractivity contribution in [3.63, 3.8) is 0 Å². The summed E-state index contributed by atoms with van der Waals surface area (Å²) < 4.78 is 0. The minimum atomic E-state index is -0.963. The highest BCUT2D eigenvalue weighted by Crippen LogP contribution is 2.54. The van der Waals surface area contributed by atoms with Crippen LogP contribution >= 0.6 is 46.7 Å². The predicted octanol–water partition coefficient (Wildman–Crippen LogP) is 16.9. The Morgan fingerprint density at radius 1 is 0.564 bits per heavy atom. The number of quaternary nitrogens is 1. The number of nitrogens with zero attached hydrogens (tertiary/aromatic N) is 2. The number of aryl methyl sites for hydroxylation is 2. The molecule has 94 heavy (non-hydrogen) atoms. The molecule has 2 fully saturated rings. The van der Waals surface area contributed by atoms with Crippen LogP contribution in [0.15, 0.2) is 188 Å². The Hall–Kier alpha value is -7.10. The van der Waals surface area contributed by atoms with Gasteiger partial charge in [0.15, 0.2) is 6.23 Å². The molecule has 490 valence electrons. The van der Waals surface area contributed by atoms with E-state index in [1.54, 1.807) is 0 Å². The van der Waals surface area contributed by atoms with Gasteiger partial charge < -0.3 is 35.6 Å². The molecule has 2 aliphatic rings. The highest BCUT2D eigenvalue weighted by atomic mass is 35.5. The molecule has 9 aromatic rings. The Balaban J connectivity index is 0.000000188. The molecule has 2 aromatic heterocycles. The molecule has 4 atom stereocenters. The number of pyridine rings is 2. The van der Waals surface area contributed by atoms with Crippen LogP contribution in [0.1, 0.15) is 164 Å². The molecule has 11 rings (SSSR count). The number of carboxylic acids is 2. The fraction of sp³-hybridized carbons (Fsp3) is 0.325. The van der Waals surface area contributed by atoms with Crippen LogP contribution in [0.2, 0.25) is 10.0 Å². The average Bonchev–Trinajstić information content (AvgIpc) is 1.61. The van der Waals surface area contributed by atoms with Gasteiger partial charge in [0.25, 0.3) is 0 Å². The van der Waals surface area contributed by atoms with E-state index in [4.69, 9.17) is 33.2 Å². The normalized spacial score (nSPS) is 15.4. The lowest BCUT2D eigenvalue weighted by Gasteiger charge is -2.24. The Bertz CT molecular complexity index is 3850. The number of carbonyl (C=O) groups excluding carboxylic acids is 1. The second-order valence-corrected chi connectivity index (χ2v) is 29.7. The van der Waals surface area contributed by atoms with Crippen LogP contribution < -0.4 is 10.4 Å². The van der Waals surface area contributed by atoms with E-state index in [1.165, 1.54) is 16.7 Å². The molecule has 0 amide bonds. The minimum absolute atomic E-state index is 0.0814. The number of thioether (sulfide) groups is 2. The molecule has 14 heteroatoms. The predicted molar refractivity (Wildman–Crippen MR) is 389 cm³/mol. The third-order valence-corrected chi connectivity index (χ3v) is 21.7. The van der Waals surface area contributed by atoms with E-state index in [2.05, 4.69) is 78.9 Å². The standard InChI is InChI=1S/2C35H36ClNO3S.C10H15NO/c2*1-34(2,40)30-9-4-3-7-25(30)13-17-32(41-23-35(18-19-35)22-33(38)39)27-8-5-6-24(20-27)10-15-29-16-12-26-11-14-28(36)21-31(26)37-29;1-8(10(12)11-2)9-6-4-3-5-7-9/h2*3-12,14-16,20-21,32,40H,13,17-19,22-23H2,1-2H3,(H,38,39);3-8,10-12H,1-2H3/b2*15-10+;/t2*32-;8-,10+/m110/s1. The second kappa shape index (κ2) is 32.6. The van der Waals surface area contributed by atoms with E-state index in [0.29, 0.717) is 10.0 Å². The number of aliphatic carboxylic acids is 2. The quantitative estimate of drug-likeness (QED) is 0.0309. The summed E-state index contributed by atoms with van der Waals surface area (Å²) in [6.45, 7) is 9.33. The Morgan fingerprint density at radius 3 is 1.39 bits per heavy atom. The largest absolute Gasteiger partial charge is 0.550 e. The van der Waals surface area contributed by atoms with Crippen molar-refractivity contribution in [1.29, 1.82) is 0 Å². The molecule has 0 spiro atoms. The third kappa shape index (κ3) is 20.9. The Kier molecular flexibility index (Phi) is 24.7. The molecule has 2 saturated carbocycles. The van der Waals surface area contributed by atoms with Crippen LogP contribution in [0.5, 0.6) is 0 Å². The van der Waals surface area contributed by atoms with E-state index in [0.717, 1.165) is 129 Å². The monoisotopic (exact) mass is 1340 g/mol. The number of aliphatic hydroxyl groups excluding tert-OH is 1. The van der Waals surface area contributed by atoms with Gasteiger partial charge in [-0.1, -0.05) is 194 Å². The zero-order valence-corrected chi connectivity index (χ0v) is 57.7. The number of hydrogen-bond acceptors (Lipinski definition) is 10. The number of rotatable bonds is 27. The number of carbonyl (C=O) groups is 2. The smallest absolute Gasteiger partial charge is 0.303 e. The van der Waals surface area contributed by atoms with Crippen molar-refractivity contribution < 1.29 is 40.4 Å². The molecule has 0 saturated heterocycles. The molecular formula is C80H87Cl2N3O7S2. The summed E-state index contributed by atoms with van der Waals surface area (Å²) in [5.41, 5.74) is 11.4. The molecule has 7 aromatic carbocycles. The molecule has 0 aliphatic heterocycles. The molecule has 2 heterocycles. The summed E-state index contributed by atoms with van der Waals surface area (Å²) in [6.07, 6.45) is 15.5. The number of aromatic nitrogens is 2. The number of halogens is 2. The number of fused-ring (bicyclic) bond motifs is 2. The molecule has 0 radical (unpaired) electrons. The van der Waals surface area contributed by atoms with Gasteiger partial charge in [0, 0.05) is 43.0 Å². The summed E-state index contributed by atoms with van der Waals surface area (Å²) in [4.78, 5) is 32.3. The van der Waals surface area contributed by atoms with Crippen molar-refractivity contribution in [2.45, 2.75) is 133 Å². The van der Waals surface area contributed by atoms with E-state index in [1.807, 2.05) is 204 Å². The highest BCUT2D eigenvalue weighted by molar-refractivity contribution is 7.99. The number of hydrogen-bond donors (Lipinski definition) is 5. The van der Waals surface area contributed by atoms with Crippen LogP contribution in [0.4, 0.5) is 0 Å². The first-order valence-electron chi connectivity index (χ1n) is 32.4.